The van der Waals surface area contributed by atoms with Crippen LogP contribution in [0.3, 0.4) is 0 Å². The zero-order chi connectivity index (χ0) is 12.6. The molecule has 0 aromatic heterocycles. The Hall–Kier alpha value is -0.820. The van der Waals surface area contributed by atoms with Crippen molar-refractivity contribution in [3.63, 3.8) is 0 Å². The Morgan fingerprint density at radius 1 is 1.44 bits per heavy atom. The zero-order valence-electron chi connectivity index (χ0n) is 10.4. The van der Waals surface area contributed by atoms with E-state index in [4.69, 9.17) is 11.6 Å². The number of rotatable bonds is 2. The fraction of sp³-hybridized carbons (Fsp3) is 0.500. The summed E-state index contributed by atoms with van der Waals surface area (Å²) in [7, 11) is 0. The minimum absolute atomic E-state index is 0.0456. The molecule has 0 saturated heterocycles. The molecule has 1 aliphatic carbocycles. The Morgan fingerprint density at radius 3 is 2.44 bits per heavy atom. The van der Waals surface area contributed by atoms with Crippen molar-refractivity contribution in [1.82, 2.24) is 0 Å². The van der Waals surface area contributed by atoms with Crippen LogP contribution in [0.15, 0.2) is 35.4 Å². The van der Waals surface area contributed by atoms with E-state index in [2.05, 4.69) is 13.5 Å². The maximum Gasteiger partial charge on any atom is 0.200 e. The number of carbonyl (C=O) groups is 1. The number of hydrogen-bond donors (Lipinski definition) is 0. The Kier molecular flexibility index (Phi) is 3.49. The summed E-state index contributed by atoms with van der Waals surface area (Å²) in [6.07, 6.45) is 6.50. The lowest BCUT2D eigenvalue weighted by atomic mass is 9.73. The van der Waals surface area contributed by atoms with Gasteiger partial charge < -0.3 is 0 Å². The highest BCUT2D eigenvalue weighted by molar-refractivity contribution is 6.45. The first kappa shape index (κ1) is 13.2. The summed E-state index contributed by atoms with van der Waals surface area (Å²) < 4.78 is 0. The van der Waals surface area contributed by atoms with E-state index in [1.54, 1.807) is 0 Å². The molecule has 16 heavy (non-hydrogen) atoms. The largest absolute Gasteiger partial charge is 0.288 e. The maximum atomic E-state index is 12.0. The highest BCUT2D eigenvalue weighted by Gasteiger charge is 2.33. The second-order valence-corrected chi connectivity index (χ2v) is 6.04. The first-order valence-electron chi connectivity index (χ1n) is 5.47. The fourth-order valence-corrected chi connectivity index (χ4v) is 2.26. The molecule has 0 N–H and O–H groups in total. The Balaban J connectivity index is 3.23. The van der Waals surface area contributed by atoms with Gasteiger partial charge in [-0.1, -0.05) is 57.5 Å². The predicted molar refractivity (Wildman–Crippen MR) is 69.4 cm³/mol. The molecule has 0 aliphatic heterocycles. The Labute approximate surface area is 103 Å². The Bertz CT molecular complexity index is 382. The van der Waals surface area contributed by atoms with E-state index in [9.17, 15) is 4.79 Å². The number of hydrogen-bond acceptors (Lipinski definition) is 1. The van der Waals surface area contributed by atoms with E-state index in [0.29, 0.717) is 5.03 Å². The number of carbonyl (C=O) groups excluding carboxylic acids is 1. The molecule has 0 saturated carbocycles. The summed E-state index contributed by atoms with van der Waals surface area (Å²) >= 11 is 6.02. The standard InChI is InChI=1S/C14H19ClO/c1-6-7-14(5)8-10(13(2,3)4)12(16)11(15)9-14/h6,8-9H,1,7H2,2-5H3. The normalized spacial score (nSPS) is 26.2. The number of ketones is 1. The molecular weight excluding hydrogens is 220 g/mol. The smallest absolute Gasteiger partial charge is 0.200 e. The molecular formula is C14H19ClO. The van der Waals surface area contributed by atoms with Crippen LogP contribution in [0.5, 0.6) is 0 Å². The van der Waals surface area contributed by atoms with Crippen molar-refractivity contribution in [2.45, 2.75) is 34.1 Å². The average molecular weight is 239 g/mol. The summed E-state index contributed by atoms with van der Waals surface area (Å²) in [5.41, 5.74) is 0.438. The predicted octanol–water partition coefficient (Wildman–Crippen LogP) is 4.25. The summed E-state index contributed by atoms with van der Waals surface area (Å²) in [5, 5.41) is 0.330. The van der Waals surface area contributed by atoms with Gasteiger partial charge in [-0.15, -0.1) is 6.58 Å². The Morgan fingerprint density at radius 2 is 2.00 bits per heavy atom. The zero-order valence-corrected chi connectivity index (χ0v) is 11.2. The molecule has 1 unspecified atom stereocenters. The van der Waals surface area contributed by atoms with Gasteiger partial charge in [0.15, 0.2) is 5.78 Å². The van der Waals surface area contributed by atoms with Gasteiger partial charge in [-0.05, 0) is 11.8 Å². The van der Waals surface area contributed by atoms with Gasteiger partial charge in [-0.25, -0.2) is 0 Å². The van der Waals surface area contributed by atoms with Gasteiger partial charge in [0.1, 0.15) is 0 Å². The molecule has 0 aromatic carbocycles. The van der Waals surface area contributed by atoms with Crippen LogP contribution in [0, 0.1) is 10.8 Å². The lowest BCUT2D eigenvalue weighted by Crippen LogP contribution is -2.26. The third-order valence-corrected chi connectivity index (χ3v) is 3.06. The highest BCUT2D eigenvalue weighted by atomic mass is 35.5. The topological polar surface area (TPSA) is 17.1 Å². The van der Waals surface area contributed by atoms with Crippen molar-refractivity contribution in [1.29, 1.82) is 0 Å². The van der Waals surface area contributed by atoms with E-state index >= 15 is 0 Å². The van der Waals surface area contributed by atoms with Crippen molar-refractivity contribution in [3.8, 4) is 0 Å². The molecule has 1 aliphatic rings. The summed E-state index contributed by atoms with van der Waals surface area (Å²) in [5.74, 6) is -0.0456. The first-order chi connectivity index (χ1) is 7.19. The van der Waals surface area contributed by atoms with E-state index in [-0.39, 0.29) is 16.6 Å². The van der Waals surface area contributed by atoms with Gasteiger partial charge in [0, 0.05) is 11.0 Å². The number of Topliss-reactive ketones (excluding diaryl/α,β-unsaturated/α-hetero) is 1. The molecule has 0 radical (unpaired) electrons. The van der Waals surface area contributed by atoms with Crippen LogP contribution in [-0.4, -0.2) is 5.78 Å². The minimum Gasteiger partial charge on any atom is -0.288 e. The quantitative estimate of drug-likeness (QED) is 0.658. The maximum absolute atomic E-state index is 12.0. The van der Waals surface area contributed by atoms with Crippen LogP contribution < -0.4 is 0 Å². The highest BCUT2D eigenvalue weighted by Crippen LogP contribution is 2.40. The summed E-state index contributed by atoms with van der Waals surface area (Å²) in [6.45, 7) is 11.9. The molecule has 0 amide bonds. The van der Waals surface area contributed by atoms with Crippen molar-refractivity contribution in [3.05, 3.63) is 35.4 Å². The SMILES string of the molecule is C=CCC1(C)C=C(Cl)C(=O)C(C(C)(C)C)=C1. The number of allylic oxidation sites excluding steroid dienone is 5. The van der Waals surface area contributed by atoms with Crippen molar-refractivity contribution >= 4 is 17.4 Å². The molecule has 2 heteroatoms. The second kappa shape index (κ2) is 4.21. The van der Waals surface area contributed by atoms with Crippen LogP contribution in [0.25, 0.3) is 0 Å². The van der Waals surface area contributed by atoms with E-state index in [0.717, 1.165) is 12.0 Å². The molecule has 0 heterocycles. The molecule has 0 fully saturated rings. The lowest BCUT2D eigenvalue weighted by molar-refractivity contribution is -0.112. The lowest BCUT2D eigenvalue weighted by Gasteiger charge is -2.31. The molecule has 1 rings (SSSR count). The van der Waals surface area contributed by atoms with E-state index < -0.39 is 0 Å². The molecule has 0 aromatic rings. The third kappa shape index (κ3) is 2.65. The average Bonchev–Trinajstić information content (AvgIpc) is 2.10. The van der Waals surface area contributed by atoms with Crippen molar-refractivity contribution in [2.75, 3.05) is 0 Å². The van der Waals surface area contributed by atoms with Gasteiger partial charge in [-0.2, -0.15) is 0 Å². The van der Waals surface area contributed by atoms with Crippen LogP contribution >= 0.6 is 11.6 Å². The molecule has 1 nitrogen and oxygen atoms in total. The van der Waals surface area contributed by atoms with Crippen LogP contribution in [-0.2, 0) is 4.79 Å². The fourth-order valence-electron chi connectivity index (χ4n) is 1.91. The molecule has 0 bridgehead atoms. The van der Waals surface area contributed by atoms with Gasteiger partial charge in [0.2, 0.25) is 0 Å². The second-order valence-electron chi connectivity index (χ2n) is 5.63. The van der Waals surface area contributed by atoms with Gasteiger partial charge in [0.05, 0.1) is 5.03 Å². The van der Waals surface area contributed by atoms with Crippen LogP contribution in [0.1, 0.15) is 34.1 Å². The summed E-state index contributed by atoms with van der Waals surface area (Å²) in [4.78, 5) is 12.0. The number of halogens is 1. The minimum atomic E-state index is -0.185. The molecule has 0 spiro atoms. The van der Waals surface area contributed by atoms with Gasteiger partial charge in [-0.3, -0.25) is 4.79 Å². The van der Waals surface area contributed by atoms with E-state index in [1.165, 1.54) is 0 Å². The van der Waals surface area contributed by atoms with Crippen LogP contribution in [0.4, 0.5) is 0 Å². The van der Waals surface area contributed by atoms with Crippen molar-refractivity contribution < 1.29 is 4.79 Å². The van der Waals surface area contributed by atoms with Crippen LogP contribution in [0.2, 0.25) is 0 Å². The first-order valence-corrected chi connectivity index (χ1v) is 5.85. The van der Waals surface area contributed by atoms with E-state index in [1.807, 2.05) is 39.0 Å². The molecule has 88 valence electrons. The van der Waals surface area contributed by atoms with Crippen molar-refractivity contribution in [2.24, 2.45) is 10.8 Å². The summed E-state index contributed by atoms with van der Waals surface area (Å²) in [6, 6.07) is 0. The van der Waals surface area contributed by atoms with Gasteiger partial charge in [0.25, 0.3) is 0 Å². The monoisotopic (exact) mass is 238 g/mol. The van der Waals surface area contributed by atoms with Gasteiger partial charge >= 0.3 is 0 Å². The third-order valence-electron chi connectivity index (χ3n) is 2.78. The molecule has 1 atom stereocenters.